The van der Waals surface area contributed by atoms with E-state index in [1.807, 2.05) is 12.1 Å². The van der Waals surface area contributed by atoms with Crippen molar-refractivity contribution >= 4 is 23.1 Å². The van der Waals surface area contributed by atoms with Crippen molar-refractivity contribution in [2.75, 3.05) is 5.88 Å². The summed E-state index contributed by atoms with van der Waals surface area (Å²) in [5, 5.41) is 0. The molecule has 0 radical (unpaired) electrons. The molecule has 30 heavy (non-hydrogen) atoms. The minimum absolute atomic E-state index is 0.212. The van der Waals surface area contributed by atoms with Crippen LogP contribution in [0.15, 0.2) is 120 Å². The third-order valence-electron chi connectivity index (χ3n) is 5.33. The lowest BCUT2D eigenvalue weighted by Gasteiger charge is -2.36. The average molecular weight is 411 g/mol. The molecule has 0 aromatic heterocycles. The van der Waals surface area contributed by atoms with Crippen molar-refractivity contribution in [2.45, 2.75) is 5.41 Å². The highest BCUT2D eigenvalue weighted by Crippen LogP contribution is 2.45. The molecule has 0 amide bonds. The van der Waals surface area contributed by atoms with Gasteiger partial charge in [0.25, 0.3) is 0 Å². The fraction of sp³-hybridized carbons (Fsp3) is 0.0741. The molecule has 0 fully saturated rings. The van der Waals surface area contributed by atoms with Crippen LogP contribution in [0.2, 0.25) is 0 Å². The minimum Gasteiger partial charge on any atom is -0.386 e. The zero-order valence-corrected chi connectivity index (χ0v) is 17.3. The van der Waals surface area contributed by atoms with Crippen molar-refractivity contribution < 1.29 is 0 Å². The van der Waals surface area contributed by atoms with Crippen molar-refractivity contribution in [3.05, 3.63) is 138 Å². The van der Waals surface area contributed by atoms with Gasteiger partial charge in [0.15, 0.2) is 0 Å². The summed E-state index contributed by atoms with van der Waals surface area (Å²) < 4.78 is 0. The van der Waals surface area contributed by atoms with Gasteiger partial charge in [0, 0.05) is 0 Å². The first-order valence-corrected chi connectivity index (χ1v) is 10.4. The average Bonchev–Trinajstić information content (AvgIpc) is 2.83. The molecule has 3 heteroatoms. The largest absolute Gasteiger partial charge is 0.386 e. The van der Waals surface area contributed by atoms with E-state index < -0.39 is 5.41 Å². The van der Waals surface area contributed by atoms with Crippen molar-refractivity contribution in [3.8, 4) is 0 Å². The molecular weight excluding hydrogens is 388 g/mol. The lowest BCUT2D eigenvalue weighted by atomic mass is 9.65. The van der Waals surface area contributed by atoms with Crippen LogP contribution < -0.4 is 5.73 Å². The second kappa shape index (κ2) is 8.98. The van der Waals surface area contributed by atoms with Gasteiger partial charge in [-0.25, -0.2) is 4.99 Å². The molecule has 0 bridgehead atoms. The van der Waals surface area contributed by atoms with E-state index in [1.165, 1.54) is 16.7 Å². The van der Waals surface area contributed by atoms with Gasteiger partial charge in [-0.1, -0.05) is 103 Å². The molecule has 4 aromatic carbocycles. The Labute approximate surface area is 182 Å². The summed E-state index contributed by atoms with van der Waals surface area (Å²) in [7, 11) is 0. The summed E-state index contributed by atoms with van der Waals surface area (Å²) in [6.07, 6.45) is 0. The Balaban J connectivity index is 2.01. The van der Waals surface area contributed by atoms with Crippen LogP contribution in [0.5, 0.6) is 0 Å². The molecule has 0 saturated heterocycles. The monoisotopic (exact) mass is 410 g/mol. The van der Waals surface area contributed by atoms with Gasteiger partial charge in [0.1, 0.15) is 5.84 Å². The van der Waals surface area contributed by atoms with Gasteiger partial charge in [-0.15, -0.1) is 11.6 Å². The second-order valence-corrected chi connectivity index (χ2v) is 7.40. The summed E-state index contributed by atoms with van der Waals surface area (Å²) >= 11 is 5.79. The van der Waals surface area contributed by atoms with E-state index in [0.717, 1.165) is 11.3 Å². The zero-order valence-electron chi connectivity index (χ0n) is 16.6. The SMILES string of the molecule is NC(CCl)=Nc1ccc(C(c2ccccc2)(c2ccccc2)c2ccccc2)cc1. The smallest absolute Gasteiger partial charge is 0.115 e. The number of hydrogen-bond donors (Lipinski definition) is 1. The number of nitrogens with two attached hydrogens (primary N) is 1. The van der Waals surface area contributed by atoms with Crippen LogP contribution >= 0.6 is 11.6 Å². The summed E-state index contributed by atoms with van der Waals surface area (Å²) in [5.74, 6) is 0.619. The summed E-state index contributed by atoms with van der Waals surface area (Å²) in [6, 6.07) is 40.1. The van der Waals surface area contributed by atoms with Crippen LogP contribution in [0, 0.1) is 0 Å². The molecule has 0 spiro atoms. The number of rotatable bonds is 6. The number of halogens is 1. The maximum atomic E-state index is 5.82. The number of alkyl halides is 1. The molecule has 4 aromatic rings. The Kier molecular flexibility index (Phi) is 5.97. The van der Waals surface area contributed by atoms with E-state index in [-0.39, 0.29) is 5.88 Å². The van der Waals surface area contributed by atoms with Crippen LogP contribution in [0.1, 0.15) is 22.3 Å². The van der Waals surface area contributed by atoms with Crippen LogP contribution in [0.4, 0.5) is 5.69 Å². The van der Waals surface area contributed by atoms with Crippen molar-refractivity contribution in [1.29, 1.82) is 0 Å². The molecule has 4 rings (SSSR count). The highest BCUT2D eigenvalue weighted by Gasteiger charge is 2.37. The highest BCUT2D eigenvalue weighted by molar-refractivity contribution is 6.28. The molecule has 0 aliphatic carbocycles. The quantitative estimate of drug-likeness (QED) is 0.172. The van der Waals surface area contributed by atoms with Gasteiger partial charge in [-0.3, -0.25) is 0 Å². The molecule has 0 aliphatic heterocycles. The Bertz CT molecular complexity index is 1010. The Morgan fingerprint density at radius 1 is 0.600 bits per heavy atom. The first-order chi connectivity index (χ1) is 14.7. The summed E-state index contributed by atoms with van der Waals surface area (Å²) in [5.41, 5.74) is 10.9. The molecular formula is C27H23ClN2. The third-order valence-corrected chi connectivity index (χ3v) is 5.60. The van der Waals surface area contributed by atoms with Crippen LogP contribution in [0.3, 0.4) is 0 Å². The van der Waals surface area contributed by atoms with E-state index in [0.29, 0.717) is 5.84 Å². The lowest BCUT2D eigenvalue weighted by Crippen LogP contribution is -2.30. The molecule has 0 aliphatic rings. The maximum absolute atomic E-state index is 5.82. The predicted octanol–water partition coefficient (Wildman–Crippen LogP) is 6.30. The fourth-order valence-corrected chi connectivity index (χ4v) is 4.11. The maximum Gasteiger partial charge on any atom is 0.115 e. The van der Waals surface area contributed by atoms with E-state index in [9.17, 15) is 0 Å². The van der Waals surface area contributed by atoms with Gasteiger partial charge >= 0.3 is 0 Å². The van der Waals surface area contributed by atoms with E-state index in [4.69, 9.17) is 17.3 Å². The molecule has 2 nitrogen and oxygen atoms in total. The first-order valence-electron chi connectivity index (χ1n) is 9.91. The van der Waals surface area contributed by atoms with Crippen LogP contribution in [-0.2, 0) is 5.41 Å². The standard InChI is InChI=1S/C27H23ClN2/c28-20-26(29)30-25-18-16-24(17-19-25)27(21-10-4-1-5-11-21,22-12-6-2-7-13-22)23-14-8-3-9-15-23/h1-19H,20H2,(H2,29,30). The second-order valence-electron chi connectivity index (χ2n) is 7.13. The Hall–Kier alpha value is -3.36. The van der Waals surface area contributed by atoms with Gasteiger partial charge < -0.3 is 5.73 Å². The fourth-order valence-electron chi connectivity index (χ4n) is 4.05. The third kappa shape index (κ3) is 3.74. The van der Waals surface area contributed by atoms with Gasteiger partial charge in [0.05, 0.1) is 17.0 Å². The molecule has 0 unspecified atom stereocenters. The van der Waals surface area contributed by atoms with E-state index in [2.05, 4.69) is 108 Å². The van der Waals surface area contributed by atoms with Gasteiger partial charge in [-0.2, -0.15) is 0 Å². The number of nitrogens with zero attached hydrogens (tertiary/aromatic N) is 1. The molecule has 0 saturated carbocycles. The number of benzene rings is 4. The zero-order chi connectivity index (χ0) is 20.8. The van der Waals surface area contributed by atoms with Crippen LogP contribution in [0.25, 0.3) is 0 Å². The normalized spacial score (nSPS) is 12.0. The number of amidine groups is 1. The molecule has 0 atom stereocenters. The van der Waals surface area contributed by atoms with Crippen LogP contribution in [-0.4, -0.2) is 11.7 Å². The van der Waals surface area contributed by atoms with Gasteiger partial charge in [-0.05, 0) is 34.4 Å². The number of aliphatic imine (C=N–C) groups is 1. The predicted molar refractivity (Wildman–Crippen MR) is 127 cm³/mol. The Morgan fingerprint density at radius 3 is 1.33 bits per heavy atom. The molecule has 2 N–H and O–H groups in total. The highest BCUT2D eigenvalue weighted by atomic mass is 35.5. The van der Waals surface area contributed by atoms with E-state index >= 15 is 0 Å². The minimum atomic E-state index is -0.454. The Morgan fingerprint density at radius 2 is 0.967 bits per heavy atom. The number of hydrogen-bond acceptors (Lipinski definition) is 1. The lowest BCUT2D eigenvalue weighted by molar-refractivity contribution is 0.745. The molecule has 148 valence electrons. The van der Waals surface area contributed by atoms with Crippen molar-refractivity contribution in [2.24, 2.45) is 10.7 Å². The van der Waals surface area contributed by atoms with Gasteiger partial charge in [0.2, 0.25) is 0 Å². The van der Waals surface area contributed by atoms with Crippen molar-refractivity contribution in [1.82, 2.24) is 0 Å². The first kappa shape index (κ1) is 19.9. The van der Waals surface area contributed by atoms with Crippen molar-refractivity contribution in [3.63, 3.8) is 0 Å². The molecule has 0 heterocycles. The topological polar surface area (TPSA) is 38.4 Å². The van der Waals surface area contributed by atoms with E-state index in [1.54, 1.807) is 0 Å². The summed E-state index contributed by atoms with van der Waals surface area (Å²) in [6.45, 7) is 0. The summed E-state index contributed by atoms with van der Waals surface area (Å²) in [4.78, 5) is 4.38.